The maximum atomic E-state index is 13.7. The Morgan fingerprint density at radius 2 is 2.21 bits per heavy atom. The summed E-state index contributed by atoms with van der Waals surface area (Å²) in [5.74, 6) is -1.69. The Morgan fingerprint density at radius 3 is 2.88 bits per heavy atom. The molecule has 0 fully saturated rings. The molecule has 0 radical (unpaired) electrons. The second kappa shape index (κ2) is 8.09. The van der Waals surface area contributed by atoms with E-state index in [1.54, 1.807) is 6.92 Å². The van der Waals surface area contributed by atoms with Gasteiger partial charge in [-0.05, 0) is 19.4 Å². The van der Waals surface area contributed by atoms with Crippen molar-refractivity contribution in [2.45, 2.75) is 38.0 Å². The summed E-state index contributed by atoms with van der Waals surface area (Å²) < 4.78 is 28.1. The van der Waals surface area contributed by atoms with Crippen LogP contribution in [0.15, 0.2) is 28.2 Å². The molecule has 0 saturated heterocycles. The highest BCUT2D eigenvalue weighted by molar-refractivity contribution is 7.99. The second-order valence-corrected chi connectivity index (χ2v) is 6.15. The number of thioether (sulfide) groups is 1. The maximum absolute atomic E-state index is 13.7. The van der Waals surface area contributed by atoms with Crippen molar-refractivity contribution in [2.24, 2.45) is 0 Å². The van der Waals surface area contributed by atoms with Gasteiger partial charge in [-0.2, -0.15) is 0 Å². The molecule has 0 spiro atoms. The standard InChI is InChI=1S/C15H18F2N4O2S/c1-3-6-21-14(23)19-20-15(21)24-8-13(22)18-9(2)11-5-4-10(16)7-12(11)17/h4-5,7,9H,3,6,8H2,1-2H3,(H,18,22)(H,19,23)/t9-/m1/s1. The molecule has 1 aromatic heterocycles. The highest BCUT2D eigenvalue weighted by Gasteiger charge is 2.16. The van der Waals surface area contributed by atoms with Gasteiger partial charge in [-0.15, -0.1) is 5.10 Å². The van der Waals surface area contributed by atoms with Crippen LogP contribution in [0.1, 0.15) is 31.9 Å². The van der Waals surface area contributed by atoms with Gasteiger partial charge in [-0.3, -0.25) is 9.36 Å². The Bertz CT molecular complexity index is 775. The summed E-state index contributed by atoms with van der Waals surface area (Å²) in [6, 6.07) is 2.62. The van der Waals surface area contributed by atoms with Gasteiger partial charge in [0.15, 0.2) is 5.16 Å². The number of aromatic amines is 1. The lowest BCUT2D eigenvalue weighted by molar-refractivity contribution is -0.119. The summed E-state index contributed by atoms with van der Waals surface area (Å²) in [5, 5.41) is 9.28. The molecule has 0 aliphatic rings. The molecule has 1 atom stereocenters. The molecule has 130 valence electrons. The van der Waals surface area contributed by atoms with Gasteiger partial charge in [0.25, 0.3) is 0 Å². The fraction of sp³-hybridized carbons (Fsp3) is 0.400. The van der Waals surface area contributed by atoms with Crippen LogP contribution in [-0.4, -0.2) is 26.4 Å². The van der Waals surface area contributed by atoms with Crippen molar-refractivity contribution in [1.82, 2.24) is 20.1 Å². The zero-order chi connectivity index (χ0) is 17.7. The van der Waals surface area contributed by atoms with Crippen LogP contribution in [0.4, 0.5) is 8.78 Å². The SMILES string of the molecule is CCCn1c(SCC(=O)N[C@H](C)c2ccc(F)cc2F)n[nH]c1=O. The first kappa shape index (κ1) is 18.2. The van der Waals surface area contributed by atoms with E-state index in [0.717, 1.165) is 30.3 Å². The van der Waals surface area contributed by atoms with Gasteiger partial charge in [0.2, 0.25) is 5.91 Å². The number of H-pyrrole nitrogens is 1. The number of amides is 1. The Labute approximate surface area is 141 Å². The molecule has 0 aliphatic heterocycles. The van der Waals surface area contributed by atoms with Gasteiger partial charge in [0.05, 0.1) is 11.8 Å². The highest BCUT2D eigenvalue weighted by Crippen LogP contribution is 2.18. The first-order valence-corrected chi connectivity index (χ1v) is 8.43. The largest absolute Gasteiger partial charge is 0.349 e. The van der Waals surface area contributed by atoms with Crippen molar-refractivity contribution in [3.63, 3.8) is 0 Å². The van der Waals surface area contributed by atoms with Crippen LogP contribution in [0.25, 0.3) is 0 Å². The molecule has 1 amide bonds. The van der Waals surface area contributed by atoms with Gasteiger partial charge in [0.1, 0.15) is 11.6 Å². The van der Waals surface area contributed by atoms with Crippen LogP contribution >= 0.6 is 11.8 Å². The van der Waals surface area contributed by atoms with E-state index in [0.29, 0.717) is 11.7 Å². The lowest BCUT2D eigenvalue weighted by Crippen LogP contribution is -2.29. The summed E-state index contributed by atoms with van der Waals surface area (Å²) in [4.78, 5) is 23.6. The molecule has 1 heterocycles. The predicted octanol–water partition coefficient (Wildman–Crippen LogP) is 2.23. The summed E-state index contributed by atoms with van der Waals surface area (Å²) in [5.41, 5.74) is -0.112. The van der Waals surface area contributed by atoms with Crippen molar-refractivity contribution < 1.29 is 13.6 Å². The molecule has 2 rings (SSSR count). The Hall–Kier alpha value is -2.16. The average Bonchev–Trinajstić information content (AvgIpc) is 2.86. The van der Waals surface area contributed by atoms with Crippen molar-refractivity contribution in [1.29, 1.82) is 0 Å². The molecule has 9 heteroatoms. The summed E-state index contributed by atoms with van der Waals surface area (Å²) >= 11 is 1.11. The molecule has 0 saturated carbocycles. The van der Waals surface area contributed by atoms with Gasteiger partial charge >= 0.3 is 5.69 Å². The number of hydrogen-bond donors (Lipinski definition) is 2. The Kier molecular flexibility index (Phi) is 6.13. The molecule has 2 aromatic rings. The molecule has 1 aromatic carbocycles. The first-order valence-electron chi connectivity index (χ1n) is 7.44. The number of carbonyl (C=O) groups is 1. The number of rotatable bonds is 7. The quantitative estimate of drug-likeness (QED) is 0.746. The number of halogens is 2. The predicted molar refractivity (Wildman–Crippen MR) is 86.8 cm³/mol. The highest BCUT2D eigenvalue weighted by atomic mass is 32.2. The van der Waals surface area contributed by atoms with Crippen LogP contribution in [-0.2, 0) is 11.3 Å². The van der Waals surface area contributed by atoms with E-state index < -0.39 is 17.7 Å². The van der Waals surface area contributed by atoms with E-state index in [4.69, 9.17) is 0 Å². The minimum Gasteiger partial charge on any atom is -0.349 e. The second-order valence-electron chi connectivity index (χ2n) is 5.21. The normalized spacial score (nSPS) is 12.2. The van der Waals surface area contributed by atoms with Gasteiger partial charge in [-0.25, -0.2) is 18.7 Å². The van der Waals surface area contributed by atoms with Crippen LogP contribution < -0.4 is 11.0 Å². The van der Waals surface area contributed by atoms with E-state index >= 15 is 0 Å². The third-order valence-electron chi connectivity index (χ3n) is 3.31. The van der Waals surface area contributed by atoms with Gasteiger partial charge < -0.3 is 5.32 Å². The van der Waals surface area contributed by atoms with Crippen molar-refractivity contribution in [3.8, 4) is 0 Å². The van der Waals surface area contributed by atoms with Crippen LogP contribution in [0.3, 0.4) is 0 Å². The topological polar surface area (TPSA) is 79.8 Å². The monoisotopic (exact) mass is 356 g/mol. The first-order chi connectivity index (χ1) is 11.4. The fourth-order valence-corrected chi connectivity index (χ4v) is 2.96. The van der Waals surface area contributed by atoms with E-state index in [9.17, 15) is 18.4 Å². The van der Waals surface area contributed by atoms with Crippen LogP contribution in [0.2, 0.25) is 0 Å². The summed E-state index contributed by atoms with van der Waals surface area (Å²) in [6.45, 7) is 4.05. The number of aromatic nitrogens is 3. The molecule has 6 nitrogen and oxygen atoms in total. The van der Waals surface area contributed by atoms with Gasteiger partial charge in [0, 0.05) is 18.2 Å². The Balaban J connectivity index is 1.95. The van der Waals surface area contributed by atoms with Crippen LogP contribution in [0.5, 0.6) is 0 Å². The van der Waals surface area contributed by atoms with E-state index in [1.807, 2.05) is 6.92 Å². The zero-order valence-corrected chi connectivity index (χ0v) is 14.1. The molecule has 0 aliphatic carbocycles. The number of nitrogens with zero attached hydrogens (tertiary/aromatic N) is 2. The van der Waals surface area contributed by atoms with Gasteiger partial charge in [-0.1, -0.05) is 24.8 Å². The molecular formula is C15H18F2N4O2S. The number of hydrogen-bond acceptors (Lipinski definition) is 4. The Morgan fingerprint density at radius 1 is 1.46 bits per heavy atom. The number of benzene rings is 1. The lowest BCUT2D eigenvalue weighted by atomic mass is 10.1. The zero-order valence-electron chi connectivity index (χ0n) is 13.3. The van der Waals surface area contributed by atoms with Crippen molar-refractivity contribution >= 4 is 17.7 Å². The summed E-state index contributed by atoms with van der Waals surface area (Å²) in [6.07, 6.45) is 0.764. The van der Waals surface area contributed by atoms with E-state index in [1.165, 1.54) is 10.6 Å². The van der Waals surface area contributed by atoms with Crippen molar-refractivity contribution in [2.75, 3.05) is 5.75 Å². The number of nitrogens with one attached hydrogen (secondary N) is 2. The molecule has 24 heavy (non-hydrogen) atoms. The molecule has 0 unspecified atom stereocenters. The third-order valence-corrected chi connectivity index (χ3v) is 4.29. The lowest BCUT2D eigenvalue weighted by Gasteiger charge is -2.15. The average molecular weight is 356 g/mol. The smallest absolute Gasteiger partial charge is 0.343 e. The minimum atomic E-state index is -0.709. The number of carbonyl (C=O) groups excluding carboxylic acids is 1. The minimum absolute atomic E-state index is 0.0289. The molecular weight excluding hydrogens is 338 g/mol. The van der Waals surface area contributed by atoms with E-state index in [2.05, 4.69) is 15.5 Å². The van der Waals surface area contributed by atoms with E-state index in [-0.39, 0.29) is 22.9 Å². The maximum Gasteiger partial charge on any atom is 0.343 e. The third kappa shape index (κ3) is 4.44. The molecule has 2 N–H and O–H groups in total. The molecule has 0 bridgehead atoms. The fourth-order valence-electron chi connectivity index (χ4n) is 2.18. The summed E-state index contributed by atoms with van der Waals surface area (Å²) in [7, 11) is 0. The van der Waals surface area contributed by atoms with Crippen molar-refractivity contribution in [3.05, 3.63) is 45.9 Å². The van der Waals surface area contributed by atoms with Crippen LogP contribution in [0, 0.1) is 11.6 Å².